The molecule has 1 saturated carbocycles. The second kappa shape index (κ2) is 7.83. The van der Waals surface area contributed by atoms with Gasteiger partial charge in [-0.15, -0.1) is 0 Å². The predicted molar refractivity (Wildman–Crippen MR) is 93.6 cm³/mol. The van der Waals surface area contributed by atoms with E-state index in [0.29, 0.717) is 12.1 Å². The number of carbonyl (C=O) groups excluding carboxylic acids is 2. The van der Waals surface area contributed by atoms with Crippen molar-refractivity contribution in [1.29, 1.82) is 0 Å². The van der Waals surface area contributed by atoms with Crippen molar-refractivity contribution >= 4 is 11.8 Å². The Morgan fingerprint density at radius 3 is 2.58 bits per heavy atom. The minimum Gasteiger partial charge on any atom is -0.343 e. The third kappa shape index (κ3) is 3.59. The molecule has 2 heterocycles. The Morgan fingerprint density at radius 1 is 1.12 bits per heavy atom. The van der Waals surface area contributed by atoms with E-state index in [1.807, 2.05) is 11.8 Å². The van der Waals surface area contributed by atoms with Crippen LogP contribution in [-0.2, 0) is 9.59 Å². The molecule has 4 atom stereocenters. The Hall–Kier alpha value is -1.14. The van der Waals surface area contributed by atoms with Crippen LogP contribution in [0.25, 0.3) is 0 Å². The first kappa shape index (κ1) is 17.7. The topological polar surface area (TPSA) is 73.5 Å². The zero-order chi connectivity index (χ0) is 17.1. The molecule has 2 amide bonds. The summed E-state index contributed by atoms with van der Waals surface area (Å²) in [6.07, 6.45) is 7.74. The number of fused-ring (bicyclic) bond motifs is 1. The van der Waals surface area contributed by atoms with Crippen molar-refractivity contribution < 1.29 is 9.59 Å². The van der Waals surface area contributed by atoms with Crippen molar-refractivity contribution in [3.8, 4) is 0 Å². The van der Waals surface area contributed by atoms with Crippen LogP contribution in [0.3, 0.4) is 0 Å². The van der Waals surface area contributed by atoms with Crippen LogP contribution in [0, 0.1) is 5.92 Å². The maximum Gasteiger partial charge on any atom is 0.245 e. The van der Waals surface area contributed by atoms with Gasteiger partial charge in [-0.3, -0.25) is 9.59 Å². The number of nitrogens with one attached hydrogen (secondary N) is 3. The average Bonchev–Trinajstić information content (AvgIpc) is 3.22. The van der Waals surface area contributed by atoms with Crippen LogP contribution in [0.1, 0.15) is 51.9 Å². The minimum atomic E-state index is -0.354. The number of hydrogen-bond donors (Lipinski definition) is 3. The summed E-state index contributed by atoms with van der Waals surface area (Å²) in [5.41, 5.74) is 0. The highest BCUT2D eigenvalue weighted by atomic mass is 16.2. The summed E-state index contributed by atoms with van der Waals surface area (Å²) < 4.78 is 0. The molecule has 0 bridgehead atoms. The Kier molecular flexibility index (Phi) is 5.76. The van der Waals surface area contributed by atoms with Crippen molar-refractivity contribution in [3.05, 3.63) is 0 Å². The molecule has 1 aliphatic carbocycles. The van der Waals surface area contributed by atoms with Crippen molar-refractivity contribution in [1.82, 2.24) is 20.9 Å². The summed E-state index contributed by atoms with van der Waals surface area (Å²) in [5.74, 6) is 0.365. The number of amides is 2. The number of carbonyl (C=O) groups is 2. The quantitative estimate of drug-likeness (QED) is 0.688. The lowest BCUT2D eigenvalue weighted by atomic mass is 9.83. The molecule has 6 nitrogen and oxygen atoms in total. The highest BCUT2D eigenvalue weighted by Gasteiger charge is 2.43. The van der Waals surface area contributed by atoms with Gasteiger partial charge >= 0.3 is 0 Å². The number of rotatable bonds is 5. The molecule has 3 N–H and O–H groups in total. The lowest BCUT2D eigenvalue weighted by Gasteiger charge is -2.35. The molecule has 0 aromatic rings. The monoisotopic (exact) mass is 336 g/mol. The molecule has 0 aromatic carbocycles. The molecule has 136 valence electrons. The third-order valence-electron chi connectivity index (χ3n) is 6.19. The molecule has 2 saturated heterocycles. The Bertz CT molecular complexity index is 464. The smallest absolute Gasteiger partial charge is 0.245 e. The predicted octanol–water partition coefficient (Wildman–Crippen LogP) is 0.622. The molecule has 3 aliphatic rings. The SMILES string of the molecule is CN[C@@H](C)C(=O)NC(C(=O)N1CC[C@H]2NCC[C@H]21)C1CCCCC1. The normalized spacial score (nSPS) is 30.0. The molecular weight excluding hydrogens is 304 g/mol. The van der Waals surface area contributed by atoms with Gasteiger partial charge in [0.05, 0.1) is 6.04 Å². The van der Waals surface area contributed by atoms with Crippen molar-refractivity contribution in [2.75, 3.05) is 20.1 Å². The molecule has 1 unspecified atom stereocenters. The fourth-order valence-corrected chi connectivity index (χ4v) is 4.58. The number of likely N-dealkylation sites (tertiary alicyclic amines) is 1. The van der Waals surface area contributed by atoms with Crippen molar-refractivity contribution in [2.24, 2.45) is 5.92 Å². The fourth-order valence-electron chi connectivity index (χ4n) is 4.58. The van der Waals surface area contributed by atoms with Crippen LogP contribution in [0.2, 0.25) is 0 Å². The van der Waals surface area contributed by atoms with Crippen LogP contribution >= 0.6 is 0 Å². The molecule has 6 heteroatoms. The zero-order valence-corrected chi connectivity index (χ0v) is 15.0. The zero-order valence-electron chi connectivity index (χ0n) is 15.0. The maximum atomic E-state index is 13.3. The van der Waals surface area contributed by atoms with Crippen LogP contribution in [-0.4, -0.2) is 61.0 Å². The van der Waals surface area contributed by atoms with E-state index in [1.54, 1.807) is 7.05 Å². The van der Waals surface area contributed by atoms with Crippen LogP contribution < -0.4 is 16.0 Å². The molecule has 0 radical (unpaired) electrons. The van der Waals surface area contributed by atoms with Gasteiger partial charge in [0.1, 0.15) is 6.04 Å². The van der Waals surface area contributed by atoms with Crippen LogP contribution in [0.15, 0.2) is 0 Å². The lowest BCUT2D eigenvalue weighted by molar-refractivity contribution is -0.139. The summed E-state index contributed by atoms with van der Waals surface area (Å²) >= 11 is 0. The summed E-state index contributed by atoms with van der Waals surface area (Å²) in [7, 11) is 1.77. The first-order chi connectivity index (χ1) is 11.6. The fraction of sp³-hybridized carbons (Fsp3) is 0.889. The van der Waals surface area contributed by atoms with E-state index >= 15 is 0 Å². The number of nitrogens with zero attached hydrogens (tertiary/aromatic N) is 1. The number of likely N-dealkylation sites (N-methyl/N-ethyl adjacent to an activating group) is 1. The lowest BCUT2D eigenvalue weighted by Crippen LogP contribution is -2.56. The van der Waals surface area contributed by atoms with Gasteiger partial charge in [0.2, 0.25) is 11.8 Å². The molecule has 3 rings (SSSR count). The van der Waals surface area contributed by atoms with Crippen LogP contribution in [0.5, 0.6) is 0 Å². The van der Waals surface area contributed by atoms with E-state index in [-0.39, 0.29) is 29.8 Å². The molecule has 0 spiro atoms. The maximum absolute atomic E-state index is 13.3. The summed E-state index contributed by atoms with van der Waals surface area (Å²) in [4.78, 5) is 27.8. The third-order valence-corrected chi connectivity index (χ3v) is 6.19. The summed E-state index contributed by atoms with van der Waals surface area (Å²) in [6, 6.07) is 0.145. The summed E-state index contributed by atoms with van der Waals surface area (Å²) in [6.45, 7) is 3.66. The highest BCUT2D eigenvalue weighted by molar-refractivity contribution is 5.90. The minimum absolute atomic E-state index is 0.0679. The van der Waals surface area contributed by atoms with Gasteiger partial charge < -0.3 is 20.9 Å². The van der Waals surface area contributed by atoms with Crippen molar-refractivity contribution in [3.63, 3.8) is 0 Å². The van der Waals surface area contributed by atoms with E-state index in [4.69, 9.17) is 0 Å². The number of hydrogen-bond acceptors (Lipinski definition) is 4. The van der Waals surface area contributed by atoms with Gasteiger partial charge in [-0.25, -0.2) is 0 Å². The van der Waals surface area contributed by atoms with Crippen LogP contribution in [0.4, 0.5) is 0 Å². The Balaban J connectivity index is 1.72. The molecular formula is C18H32N4O2. The second-order valence-electron chi connectivity index (χ2n) is 7.63. The van der Waals surface area contributed by atoms with Gasteiger partial charge in [0.15, 0.2) is 0 Å². The van der Waals surface area contributed by atoms with Gasteiger partial charge in [-0.1, -0.05) is 19.3 Å². The van der Waals surface area contributed by atoms with E-state index in [1.165, 1.54) is 19.3 Å². The first-order valence-corrected chi connectivity index (χ1v) is 9.63. The molecule has 24 heavy (non-hydrogen) atoms. The largest absolute Gasteiger partial charge is 0.343 e. The standard InChI is InChI=1S/C18H32N4O2/c1-12(19-2)17(23)21-16(13-6-4-3-5-7-13)18(24)22-11-9-14-15(22)8-10-20-14/h12-16,19-20H,3-11H2,1-2H3,(H,21,23)/t12-,14+,15+,16?/m0/s1. The average molecular weight is 336 g/mol. The van der Waals surface area contributed by atoms with E-state index in [9.17, 15) is 9.59 Å². The molecule has 0 aromatic heterocycles. The van der Waals surface area contributed by atoms with Gasteiger partial charge in [-0.2, -0.15) is 0 Å². The van der Waals surface area contributed by atoms with E-state index in [0.717, 1.165) is 38.8 Å². The second-order valence-corrected chi connectivity index (χ2v) is 7.63. The molecule has 2 aliphatic heterocycles. The summed E-state index contributed by atoms with van der Waals surface area (Å²) in [5, 5.41) is 9.55. The Labute approximate surface area is 145 Å². The van der Waals surface area contributed by atoms with Gasteiger partial charge in [0.25, 0.3) is 0 Å². The van der Waals surface area contributed by atoms with Gasteiger partial charge in [0, 0.05) is 18.6 Å². The van der Waals surface area contributed by atoms with E-state index < -0.39 is 0 Å². The van der Waals surface area contributed by atoms with Gasteiger partial charge in [-0.05, 0) is 52.1 Å². The molecule has 3 fully saturated rings. The van der Waals surface area contributed by atoms with E-state index in [2.05, 4.69) is 16.0 Å². The first-order valence-electron chi connectivity index (χ1n) is 9.63. The van der Waals surface area contributed by atoms with Crippen molar-refractivity contribution in [2.45, 2.75) is 76.0 Å². The Morgan fingerprint density at radius 2 is 1.88 bits per heavy atom. The highest BCUT2D eigenvalue weighted by Crippen LogP contribution is 2.31.